The minimum absolute atomic E-state index is 0.213. The monoisotopic (exact) mass is 248 g/mol. The minimum atomic E-state index is -0.563. The van der Waals surface area contributed by atoms with Gasteiger partial charge in [-0.25, -0.2) is 0 Å². The average molecular weight is 248 g/mol. The summed E-state index contributed by atoms with van der Waals surface area (Å²) in [6.45, 7) is 0. The van der Waals surface area contributed by atoms with Crippen LogP contribution >= 0.6 is 0 Å². The van der Waals surface area contributed by atoms with Gasteiger partial charge in [-0.1, -0.05) is 6.07 Å². The summed E-state index contributed by atoms with van der Waals surface area (Å²) in [7, 11) is 0. The summed E-state index contributed by atoms with van der Waals surface area (Å²) < 4.78 is 0. The van der Waals surface area contributed by atoms with Gasteiger partial charge in [0.2, 0.25) is 0 Å². The second kappa shape index (κ2) is 4.37. The first-order chi connectivity index (χ1) is 8.47. The number of hydrogen-bond donors (Lipinski definition) is 5. The molecule has 5 heteroatoms. The third-order valence-corrected chi connectivity index (χ3v) is 2.58. The Kier molecular flexibility index (Phi) is 2.89. The smallest absolute Gasteiger partial charge is 0.200 e. The molecular weight excluding hydrogens is 236 g/mol. The van der Waals surface area contributed by atoms with Crippen LogP contribution in [0.15, 0.2) is 30.3 Å². The lowest BCUT2D eigenvalue weighted by atomic mass is 10.0. The van der Waals surface area contributed by atoms with E-state index in [0.29, 0.717) is 17.5 Å². The first kappa shape index (κ1) is 11.9. The van der Waals surface area contributed by atoms with E-state index in [0.717, 1.165) is 0 Å². The Bertz CT molecular complexity index is 569. The topological polar surface area (TPSA) is 101 Å². The SMILES string of the molecule is Oc1ccc(Cc2cc(O)c(O)c(O)c2)cc1O. The summed E-state index contributed by atoms with van der Waals surface area (Å²) in [6.07, 6.45) is 0.329. The molecule has 2 rings (SSSR count). The van der Waals surface area contributed by atoms with Crippen LogP contribution in [-0.2, 0) is 6.42 Å². The Labute approximate surface area is 103 Å². The van der Waals surface area contributed by atoms with Crippen molar-refractivity contribution in [2.45, 2.75) is 6.42 Å². The standard InChI is InChI=1S/C13H12O5/c14-9-2-1-7(4-10(9)15)3-8-5-11(16)13(18)12(17)6-8/h1-2,4-6,14-18H,3H2. The highest BCUT2D eigenvalue weighted by atomic mass is 16.3. The molecule has 94 valence electrons. The van der Waals surface area contributed by atoms with E-state index in [1.807, 2.05) is 0 Å². The van der Waals surface area contributed by atoms with E-state index in [1.165, 1.54) is 24.3 Å². The molecule has 0 fully saturated rings. The van der Waals surface area contributed by atoms with Gasteiger partial charge in [-0.05, 0) is 41.8 Å². The summed E-state index contributed by atoms with van der Waals surface area (Å²) in [5, 5.41) is 46.4. The summed E-state index contributed by atoms with van der Waals surface area (Å²) in [5.74, 6) is -1.83. The lowest BCUT2D eigenvalue weighted by molar-refractivity contribution is 0.367. The van der Waals surface area contributed by atoms with Crippen molar-refractivity contribution >= 4 is 0 Å². The van der Waals surface area contributed by atoms with Gasteiger partial charge in [0.1, 0.15) is 0 Å². The largest absolute Gasteiger partial charge is 0.504 e. The van der Waals surface area contributed by atoms with Gasteiger partial charge < -0.3 is 25.5 Å². The predicted molar refractivity (Wildman–Crippen MR) is 64.0 cm³/mol. The van der Waals surface area contributed by atoms with Crippen molar-refractivity contribution < 1.29 is 25.5 Å². The highest BCUT2D eigenvalue weighted by molar-refractivity contribution is 5.52. The van der Waals surface area contributed by atoms with Crippen LogP contribution in [0.25, 0.3) is 0 Å². The number of phenols is 5. The number of aromatic hydroxyl groups is 5. The zero-order chi connectivity index (χ0) is 13.3. The van der Waals surface area contributed by atoms with Gasteiger partial charge in [0.15, 0.2) is 28.7 Å². The third kappa shape index (κ3) is 2.24. The van der Waals surface area contributed by atoms with E-state index in [4.69, 9.17) is 0 Å². The van der Waals surface area contributed by atoms with Crippen LogP contribution in [0.1, 0.15) is 11.1 Å². The maximum absolute atomic E-state index is 9.36. The van der Waals surface area contributed by atoms with E-state index in [9.17, 15) is 25.5 Å². The van der Waals surface area contributed by atoms with Gasteiger partial charge >= 0.3 is 0 Å². The molecule has 0 heterocycles. The summed E-state index contributed by atoms with van der Waals surface area (Å²) in [4.78, 5) is 0. The fraction of sp³-hybridized carbons (Fsp3) is 0.0769. The van der Waals surface area contributed by atoms with Gasteiger partial charge in [0.25, 0.3) is 0 Å². The van der Waals surface area contributed by atoms with Crippen LogP contribution in [0.2, 0.25) is 0 Å². The molecular formula is C13H12O5. The third-order valence-electron chi connectivity index (χ3n) is 2.58. The molecule has 5 nitrogen and oxygen atoms in total. The molecule has 0 atom stereocenters. The Morgan fingerprint density at radius 3 is 1.72 bits per heavy atom. The first-order valence-corrected chi connectivity index (χ1v) is 5.22. The number of phenolic OH excluding ortho intramolecular Hbond substituents is 5. The van der Waals surface area contributed by atoms with E-state index in [1.54, 1.807) is 6.07 Å². The fourth-order valence-corrected chi connectivity index (χ4v) is 1.68. The predicted octanol–water partition coefficient (Wildman–Crippen LogP) is 1.81. The van der Waals surface area contributed by atoms with Crippen molar-refractivity contribution in [3.8, 4) is 28.7 Å². The summed E-state index contributed by atoms with van der Waals surface area (Å²) >= 11 is 0. The maximum Gasteiger partial charge on any atom is 0.200 e. The molecule has 0 bridgehead atoms. The molecule has 0 aliphatic carbocycles. The number of rotatable bonds is 2. The molecule has 0 radical (unpaired) electrons. The molecule has 2 aromatic carbocycles. The van der Waals surface area contributed by atoms with Crippen LogP contribution < -0.4 is 0 Å². The second-order valence-corrected chi connectivity index (χ2v) is 3.98. The summed E-state index contributed by atoms with van der Waals surface area (Å²) in [5.41, 5.74) is 1.25. The van der Waals surface area contributed by atoms with Crippen molar-refractivity contribution in [3.05, 3.63) is 41.5 Å². The molecule has 0 spiro atoms. The molecule has 5 N–H and O–H groups in total. The summed E-state index contributed by atoms with van der Waals surface area (Å²) in [6, 6.07) is 6.98. The Hall–Kier alpha value is -2.56. The Morgan fingerprint density at radius 1 is 0.611 bits per heavy atom. The lowest BCUT2D eigenvalue weighted by Crippen LogP contribution is -1.88. The molecule has 0 aliphatic heterocycles. The number of hydrogen-bond acceptors (Lipinski definition) is 5. The van der Waals surface area contributed by atoms with Crippen LogP contribution in [0.5, 0.6) is 28.7 Å². The quantitative estimate of drug-likeness (QED) is 0.522. The van der Waals surface area contributed by atoms with E-state index in [-0.39, 0.29) is 11.5 Å². The van der Waals surface area contributed by atoms with Crippen LogP contribution in [0.4, 0.5) is 0 Å². The molecule has 0 aliphatic rings. The number of benzene rings is 2. The van der Waals surface area contributed by atoms with E-state index in [2.05, 4.69) is 0 Å². The highest BCUT2D eigenvalue weighted by Crippen LogP contribution is 2.36. The van der Waals surface area contributed by atoms with E-state index < -0.39 is 17.2 Å². The minimum Gasteiger partial charge on any atom is -0.504 e. The molecule has 0 saturated carbocycles. The molecule has 18 heavy (non-hydrogen) atoms. The molecule has 0 saturated heterocycles. The van der Waals surface area contributed by atoms with Gasteiger partial charge in [-0.3, -0.25) is 0 Å². The zero-order valence-corrected chi connectivity index (χ0v) is 9.33. The van der Waals surface area contributed by atoms with Crippen LogP contribution in [-0.4, -0.2) is 25.5 Å². The maximum atomic E-state index is 9.36. The van der Waals surface area contributed by atoms with Gasteiger partial charge in [0.05, 0.1) is 0 Å². The van der Waals surface area contributed by atoms with Crippen molar-refractivity contribution in [2.75, 3.05) is 0 Å². The van der Waals surface area contributed by atoms with Gasteiger partial charge in [0, 0.05) is 0 Å². The molecule has 0 unspecified atom stereocenters. The van der Waals surface area contributed by atoms with Crippen molar-refractivity contribution in [1.82, 2.24) is 0 Å². The second-order valence-electron chi connectivity index (χ2n) is 3.98. The molecule has 0 amide bonds. The van der Waals surface area contributed by atoms with Crippen LogP contribution in [0, 0.1) is 0 Å². The van der Waals surface area contributed by atoms with Crippen molar-refractivity contribution in [3.63, 3.8) is 0 Å². The van der Waals surface area contributed by atoms with Gasteiger partial charge in [-0.2, -0.15) is 0 Å². The zero-order valence-electron chi connectivity index (χ0n) is 9.33. The fourth-order valence-electron chi connectivity index (χ4n) is 1.68. The first-order valence-electron chi connectivity index (χ1n) is 5.22. The van der Waals surface area contributed by atoms with E-state index >= 15 is 0 Å². The lowest BCUT2D eigenvalue weighted by Gasteiger charge is -2.07. The Balaban J connectivity index is 2.31. The van der Waals surface area contributed by atoms with Gasteiger partial charge in [-0.15, -0.1) is 0 Å². The molecule has 0 aromatic heterocycles. The highest BCUT2D eigenvalue weighted by Gasteiger charge is 2.09. The average Bonchev–Trinajstić information content (AvgIpc) is 2.31. The van der Waals surface area contributed by atoms with Crippen molar-refractivity contribution in [2.24, 2.45) is 0 Å². The molecule has 2 aromatic rings. The normalized spacial score (nSPS) is 10.4. The van der Waals surface area contributed by atoms with Crippen LogP contribution in [0.3, 0.4) is 0 Å². The Morgan fingerprint density at radius 2 is 1.17 bits per heavy atom. The van der Waals surface area contributed by atoms with Crippen molar-refractivity contribution in [1.29, 1.82) is 0 Å².